The Hall–Kier alpha value is -2.50. The van der Waals surface area contributed by atoms with Crippen LogP contribution >= 0.6 is 24.0 Å². The first kappa shape index (κ1) is 25.5. The lowest BCUT2D eigenvalue weighted by atomic mass is 10.2. The van der Waals surface area contributed by atoms with Gasteiger partial charge in [-0.3, -0.25) is 4.79 Å². The molecular formula is C20H24F3IN4O2. The van der Waals surface area contributed by atoms with E-state index in [1.165, 1.54) is 24.3 Å². The summed E-state index contributed by atoms with van der Waals surface area (Å²) in [7, 11) is 0. The molecule has 0 heterocycles. The minimum absolute atomic E-state index is 0. The molecule has 0 aliphatic carbocycles. The molecule has 1 amide bonds. The maximum atomic E-state index is 12.2. The number of aliphatic imine (C=N–C) groups is 1. The molecule has 2 aromatic carbocycles. The van der Waals surface area contributed by atoms with E-state index in [1.54, 1.807) is 6.07 Å². The zero-order chi connectivity index (χ0) is 21.3. The van der Waals surface area contributed by atoms with Gasteiger partial charge in [0.05, 0.1) is 6.54 Å². The fourth-order valence-corrected chi connectivity index (χ4v) is 2.43. The Morgan fingerprint density at radius 1 is 1.13 bits per heavy atom. The summed E-state index contributed by atoms with van der Waals surface area (Å²) in [6.07, 6.45) is -3.48. The Labute approximate surface area is 190 Å². The average Bonchev–Trinajstić information content (AvgIpc) is 2.65. The molecule has 4 N–H and O–H groups in total. The van der Waals surface area contributed by atoms with Crippen LogP contribution in [0.1, 0.15) is 30.9 Å². The molecule has 164 valence electrons. The lowest BCUT2D eigenvalue weighted by Gasteiger charge is -2.10. The molecule has 0 bridgehead atoms. The number of amides is 1. The van der Waals surface area contributed by atoms with Gasteiger partial charge in [0.1, 0.15) is 5.75 Å². The number of nitrogens with one attached hydrogen (secondary N) is 2. The summed E-state index contributed by atoms with van der Waals surface area (Å²) in [4.78, 5) is 15.9. The van der Waals surface area contributed by atoms with E-state index in [2.05, 4.69) is 20.4 Å². The molecule has 30 heavy (non-hydrogen) atoms. The number of benzene rings is 2. The van der Waals surface area contributed by atoms with E-state index in [-0.39, 0.29) is 41.6 Å². The zero-order valence-corrected chi connectivity index (χ0v) is 18.7. The Balaban J connectivity index is 0.00000450. The van der Waals surface area contributed by atoms with E-state index in [0.29, 0.717) is 25.2 Å². The second-order valence-corrected chi connectivity index (χ2v) is 6.25. The van der Waals surface area contributed by atoms with E-state index < -0.39 is 6.36 Å². The second kappa shape index (κ2) is 12.3. The van der Waals surface area contributed by atoms with E-state index in [0.717, 1.165) is 17.5 Å². The number of hydrogen-bond acceptors (Lipinski definition) is 3. The van der Waals surface area contributed by atoms with Crippen molar-refractivity contribution in [3.05, 3.63) is 59.7 Å². The van der Waals surface area contributed by atoms with Gasteiger partial charge in [-0.1, -0.05) is 31.2 Å². The Bertz CT molecular complexity index is 843. The first-order valence-electron chi connectivity index (χ1n) is 9.02. The first-order chi connectivity index (χ1) is 13.7. The SMILES string of the molecule is CCCC(=O)Nc1cccc(CN=C(N)NCc2ccc(OC(F)(F)F)cc2)c1.I. The van der Waals surface area contributed by atoms with Crippen molar-refractivity contribution in [2.75, 3.05) is 5.32 Å². The third kappa shape index (κ3) is 9.81. The van der Waals surface area contributed by atoms with Crippen LogP contribution in [0.5, 0.6) is 5.75 Å². The van der Waals surface area contributed by atoms with E-state index in [4.69, 9.17) is 5.73 Å². The van der Waals surface area contributed by atoms with Crippen molar-refractivity contribution >= 4 is 41.5 Å². The number of guanidine groups is 1. The van der Waals surface area contributed by atoms with Gasteiger partial charge in [-0.25, -0.2) is 4.99 Å². The fourth-order valence-electron chi connectivity index (χ4n) is 2.43. The summed E-state index contributed by atoms with van der Waals surface area (Å²) in [5.41, 5.74) is 8.13. The van der Waals surface area contributed by atoms with Crippen LogP contribution in [0.3, 0.4) is 0 Å². The molecule has 0 fully saturated rings. The lowest BCUT2D eigenvalue weighted by Crippen LogP contribution is -2.31. The third-order valence-electron chi connectivity index (χ3n) is 3.75. The lowest BCUT2D eigenvalue weighted by molar-refractivity contribution is -0.274. The quantitative estimate of drug-likeness (QED) is 0.263. The van der Waals surface area contributed by atoms with E-state index in [1.807, 2.05) is 25.1 Å². The fraction of sp³-hybridized carbons (Fsp3) is 0.300. The highest BCUT2D eigenvalue weighted by Crippen LogP contribution is 2.22. The van der Waals surface area contributed by atoms with E-state index >= 15 is 0 Å². The molecule has 0 aliphatic rings. The molecule has 6 nitrogen and oxygen atoms in total. The summed E-state index contributed by atoms with van der Waals surface area (Å²) in [5, 5.41) is 5.72. The van der Waals surface area contributed by atoms with Crippen LogP contribution in [-0.2, 0) is 17.9 Å². The largest absolute Gasteiger partial charge is 0.573 e. The maximum absolute atomic E-state index is 12.2. The number of ether oxygens (including phenoxy) is 1. The van der Waals surface area contributed by atoms with Gasteiger partial charge in [0.2, 0.25) is 5.91 Å². The van der Waals surface area contributed by atoms with Crippen molar-refractivity contribution in [2.24, 2.45) is 10.7 Å². The van der Waals surface area contributed by atoms with Crippen LogP contribution in [-0.4, -0.2) is 18.2 Å². The zero-order valence-electron chi connectivity index (χ0n) is 16.3. The molecule has 0 saturated heterocycles. The minimum Gasteiger partial charge on any atom is -0.406 e. The number of carbonyl (C=O) groups excluding carboxylic acids is 1. The molecule has 2 rings (SSSR count). The van der Waals surface area contributed by atoms with E-state index in [9.17, 15) is 18.0 Å². The Kier molecular flexibility index (Phi) is 10.4. The summed E-state index contributed by atoms with van der Waals surface area (Å²) < 4.78 is 40.3. The molecule has 0 unspecified atom stereocenters. The standard InChI is InChI=1S/C20H23F3N4O2.HI/c1-2-4-18(28)27-16-6-3-5-15(11-16)13-26-19(24)25-12-14-7-9-17(10-8-14)29-20(21,22)23;/h3,5-11H,2,4,12-13H2,1H3,(H,27,28)(H3,24,25,26);1H. The van der Waals surface area contributed by atoms with Crippen molar-refractivity contribution in [2.45, 2.75) is 39.2 Å². The number of rotatable bonds is 8. The molecule has 0 atom stereocenters. The molecular weight excluding hydrogens is 512 g/mol. The second-order valence-electron chi connectivity index (χ2n) is 6.25. The van der Waals surface area contributed by atoms with Crippen LogP contribution in [0.4, 0.5) is 18.9 Å². The number of anilines is 1. The van der Waals surface area contributed by atoms with Gasteiger partial charge >= 0.3 is 6.36 Å². The molecule has 0 aliphatic heterocycles. The van der Waals surface area contributed by atoms with Crippen LogP contribution in [0, 0.1) is 0 Å². The van der Waals surface area contributed by atoms with Gasteiger partial charge in [0.15, 0.2) is 5.96 Å². The highest BCUT2D eigenvalue weighted by molar-refractivity contribution is 14.0. The van der Waals surface area contributed by atoms with Gasteiger partial charge in [0, 0.05) is 18.7 Å². The number of nitrogens with zero attached hydrogens (tertiary/aromatic N) is 1. The maximum Gasteiger partial charge on any atom is 0.573 e. The van der Waals surface area contributed by atoms with Crippen LogP contribution in [0.15, 0.2) is 53.5 Å². The smallest absolute Gasteiger partial charge is 0.406 e. The number of alkyl halides is 3. The highest BCUT2D eigenvalue weighted by Gasteiger charge is 2.30. The molecule has 0 saturated carbocycles. The summed E-state index contributed by atoms with van der Waals surface area (Å²) in [6, 6.07) is 12.8. The average molecular weight is 536 g/mol. The van der Waals surface area contributed by atoms with Gasteiger partial charge < -0.3 is 21.1 Å². The minimum atomic E-state index is -4.72. The van der Waals surface area contributed by atoms with Gasteiger partial charge in [0.25, 0.3) is 0 Å². The molecule has 10 heteroatoms. The molecule has 0 spiro atoms. The van der Waals surface area contributed by atoms with Crippen molar-refractivity contribution in [3.8, 4) is 5.75 Å². The number of hydrogen-bond donors (Lipinski definition) is 3. The topological polar surface area (TPSA) is 88.7 Å². The van der Waals surface area contributed by atoms with Crippen LogP contribution in [0.25, 0.3) is 0 Å². The summed E-state index contributed by atoms with van der Waals surface area (Å²) in [5.74, 6) is -0.129. The normalized spacial score (nSPS) is 11.4. The van der Waals surface area contributed by atoms with Crippen molar-refractivity contribution in [3.63, 3.8) is 0 Å². The van der Waals surface area contributed by atoms with Gasteiger partial charge in [-0.2, -0.15) is 0 Å². The van der Waals surface area contributed by atoms with Crippen LogP contribution in [0.2, 0.25) is 0 Å². The summed E-state index contributed by atoms with van der Waals surface area (Å²) in [6.45, 7) is 2.55. The number of halogens is 4. The highest BCUT2D eigenvalue weighted by atomic mass is 127. The Morgan fingerprint density at radius 2 is 1.83 bits per heavy atom. The first-order valence-corrected chi connectivity index (χ1v) is 9.02. The number of carbonyl (C=O) groups is 1. The Morgan fingerprint density at radius 3 is 2.47 bits per heavy atom. The molecule has 0 aromatic heterocycles. The third-order valence-corrected chi connectivity index (χ3v) is 3.75. The summed E-state index contributed by atoms with van der Waals surface area (Å²) >= 11 is 0. The van der Waals surface area contributed by atoms with Gasteiger partial charge in [-0.05, 0) is 41.8 Å². The predicted molar refractivity (Wildman–Crippen MR) is 121 cm³/mol. The predicted octanol–water partition coefficient (Wildman–Crippen LogP) is 4.55. The monoisotopic (exact) mass is 536 g/mol. The van der Waals surface area contributed by atoms with Crippen molar-refractivity contribution in [1.82, 2.24) is 5.32 Å². The number of nitrogens with two attached hydrogens (primary N) is 1. The van der Waals surface area contributed by atoms with Crippen molar-refractivity contribution < 1.29 is 22.7 Å². The molecule has 2 aromatic rings. The van der Waals surface area contributed by atoms with Gasteiger partial charge in [-0.15, -0.1) is 37.1 Å². The van der Waals surface area contributed by atoms with Crippen LogP contribution < -0.4 is 21.1 Å². The van der Waals surface area contributed by atoms with Crippen molar-refractivity contribution in [1.29, 1.82) is 0 Å². The molecule has 0 radical (unpaired) electrons.